The quantitative estimate of drug-likeness (QED) is 0.497. The third-order valence-electron chi connectivity index (χ3n) is 6.47. The summed E-state index contributed by atoms with van der Waals surface area (Å²) in [6.45, 7) is 3.28. The molecule has 1 amide bonds. The van der Waals surface area contributed by atoms with Crippen molar-refractivity contribution in [2.75, 3.05) is 18.4 Å². The number of carbonyl (C=O) groups excluding carboxylic acids is 1. The number of amides is 1. The van der Waals surface area contributed by atoms with Crippen LogP contribution in [0.1, 0.15) is 44.2 Å². The summed E-state index contributed by atoms with van der Waals surface area (Å²) in [6.07, 6.45) is 7.27. The standard InChI is InChI=1S/C25H25Cl2N7O/c1-15(12-28)21-13-30-23(17-6-7-19(26)20(27)11-17)34(21)22-8-9-29-25(32-22)31-18-3-2-10-33(14-18)24(35)16-4-5-16/h6-9,11,13,15-16,18H,2-5,10,14H2,1H3,(H,29,31,32)/t15-,18?/m1/s1. The molecule has 8 nitrogen and oxygen atoms in total. The number of halogens is 2. The number of hydrogen-bond acceptors (Lipinski definition) is 6. The Balaban J connectivity index is 1.45. The Morgan fingerprint density at radius 1 is 1.20 bits per heavy atom. The van der Waals surface area contributed by atoms with Crippen molar-refractivity contribution in [3.63, 3.8) is 0 Å². The summed E-state index contributed by atoms with van der Waals surface area (Å²) in [7, 11) is 0. The summed E-state index contributed by atoms with van der Waals surface area (Å²) in [6, 6.07) is 9.45. The average Bonchev–Trinajstić information content (AvgIpc) is 3.63. The molecule has 2 fully saturated rings. The van der Waals surface area contributed by atoms with E-state index in [1.165, 1.54) is 0 Å². The van der Waals surface area contributed by atoms with E-state index in [0.29, 0.717) is 39.9 Å². The van der Waals surface area contributed by atoms with E-state index in [-0.39, 0.29) is 17.9 Å². The molecule has 1 unspecified atom stereocenters. The molecular formula is C25H25Cl2N7O. The molecule has 0 radical (unpaired) electrons. The Morgan fingerprint density at radius 2 is 2.03 bits per heavy atom. The van der Waals surface area contributed by atoms with Crippen LogP contribution in [0.15, 0.2) is 36.7 Å². The molecule has 0 spiro atoms. The molecule has 1 aliphatic carbocycles. The number of benzene rings is 1. The van der Waals surface area contributed by atoms with Gasteiger partial charge in [0.1, 0.15) is 11.6 Å². The highest BCUT2D eigenvalue weighted by molar-refractivity contribution is 6.42. The number of anilines is 1. The number of hydrogen-bond donors (Lipinski definition) is 1. The number of nitrogens with one attached hydrogen (secondary N) is 1. The molecule has 180 valence electrons. The van der Waals surface area contributed by atoms with Crippen molar-refractivity contribution in [3.05, 3.63) is 52.4 Å². The van der Waals surface area contributed by atoms with Crippen molar-refractivity contribution in [2.45, 2.75) is 44.6 Å². The lowest BCUT2D eigenvalue weighted by molar-refractivity contribution is -0.133. The SMILES string of the molecule is C[C@H](C#N)c1cnc(-c2ccc(Cl)c(Cl)c2)n1-c1ccnc(NC2CCCN(C(=O)C3CC3)C2)n1. The van der Waals surface area contributed by atoms with Crippen molar-refractivity contribution < 1.29 is 4.79 Å². The van der Waals surface area contributed by atoms with Crippen LogP contribution in [0.4, 0.5) is 5.95 Å². The second-order valence-corrected chi connectivity index (χ2v) is 9.92. The van der Waals surface area contributed by atoms with Crippen molar-refractivity contribution in [2.24, 2.45) is 5.92 Å². The molecule has 2 aromatic heterocycles. The lowest BCUT2D eigenvalue weighted by Crippen LogP contribution is -2.45. The van der Waals surface area contributed by atoms with Crippen LogP contribution in [0.2, 0.25) is 10.0 Å². The second-order valence-electron chi connectivity index (χ2n) is 9.10. The summed E-state index contributed by atoms with van der Waals surface area (Å²) in [5, 5.41) is 13.9. The molecule has 3 aromatic rings. The van der Waals surface area contributed by atoms with E-state index in [9.17, 15) is 10.1 Å². The molecule has 1 N–H and O–H groups in total. The minimum Gasteiger partial charge on any atom is -0.350 e. The number of likely N-dealkylation sites (tertiary alicyclic amines) is 1. The Labute approximate surface area is 213 Å². The number of nitriles is 1. The third-order valence-corrected chi connectivity index (χ3v) is 7.21. The van der Waals surface area contributed by atoms with Gasteiger partial charge < -0.3 is 10.2 Å². The highest BCUT2D eigenvalue weighted by Gasteiger charge is 2.35. The van der Waals surface area contributed by atoms with Crippen LogP contribution in [0, 0.1) is 17.2 Å². The first-order valence-electron chi connectivity index (χ1n) is 11.8. The van der Waals surface area contributed by atoms with Crippen molar-refractivity contribution in [1.29, 1.82) is 5.26 Å². The van der Waals surface area contributed by atoms with Crippen LogP contribution in [0.25, 0.3) is 17.2 Å². The zero-order valence-electron chi connectivity index (χ0n) is 19.3. The van der Waals surface area contributed by atoms with Gasteiger partial charge >= 0.3 is 0 Å². The van der Waals surface area contributed by atoms with Crippen molar-refractivity contribution in [1.82, 2.24) is 24.4 Å². The van der Waals surface area contributed by atoms with E-state index in [4.69, 9.17) is 28.2 Å². The predicted molar refractivity (Wildman–Crippen MR) is 135 cm³/mol. The van der Waals surface area contributed by atoms with Crippen LogP contribution in [0.3, 0.4) is 0 Å². The smallest absolute Gasteiger partial charge is 0.225 e. The minimum absolute atomic E-state index is 0.0801. The molecule has 2 atom stereocenters. The van der Waals surface area contributed by atoms with Gasteiger partial charge in [0.15, 0.2) is 0 Å². The monoisotopic (exact) mass is 509 g/mol. The van der Waals surface area contributed by atoms with Crippen LogP contribution < -0.4 is 5.32 Å². The van der Waals surface area contributed by atoms with Gasteiger partial charge in [-0.3, -0.25) is 9.36 Å². The van der Waals surface area contributed by atoms with E-state index >= 15 is 0 Å². The number of carbonyl (C=O) groups is 1. The number of imidazole rings is 1. The summed E-state index contributed by atoms with van der Waals surface area (Å²) in [5.74, 6) is 1.73. The van der Waals surface area contributed by atoms with Crippen molar-refractivity contribution in [3.8, 4) is 23.3 Å². The number of rotatable bonds is 6. The largest absolute Gasteiger partial charge is 0.350 e. The highest BCUT2D eigenvalue weighted by Crippen LogP contribution is 2.33. The van der Waals surface area contributed by atoms with E-state index in [1.807, 2.05) is 22.5 Å². The number of nitrogens with zero attached hydrogens (tertiary/aromatic N) is 6. The zero-order chi connectivity index (χ0) is 24.5. The van der Waals surface area contributed by atoms with Crippen LogP contribution in [-0.4, -0.2) is 49.5 Å². The van der Waals surface area contributed by atoms with Gasteiger partial charge in [0, 0.05) is 36.8 Å². The fourth-order valence-electron chi connectivity index (χ4n) is 4.43. The fraction of sp³-hybridized carbons (Fsp3) is 0.400. The van der Waals surface area contributed by atoms with Gasteiger partial charge in [-0.2, -0.15) is 10.2 Å². The number of piperidine rings is 1. The maximum absolute atomic E-state index is 12.5. The Hall–Kier alpha value is -3.15. The number of aromatic nitrogens is 4. The van der Waals surface area contributed by atoms with Crippen molar-refractivity contribution >= 4 is 35.1 Å². The molecule has 1 aliphatic heterocycles. The maximum atomic E-state index is 12.5. The van der Waals surface area contributed by atoms with Gasteiger partial charge in [-0.05, 0) is 56.9 Å². The minimum atomic E-state index is -0.411. The summed E-state index contributed by atoms with van der Waals surface area (Å²) in [5.41, 5.74) is 1.46. The molecule has 35 heavy (non-hydrogen) atoms. The first-order valence-corrected chi connectivity index (χ1v) is 12.5. The third kappa shape index (κ3) is 4.97. The zero-order valence-corrected chi connectivity index (χ0v) is 20.8. The van der Waals surface area contributed by atoms with E-state index in [1.54, 1.807) is 30.6 Å². The molecule has 1 saturated carbocycles. The molecule has 1 saturated heterocycles. The molecule has 3 heterocycles. The van der Waals surface area contributed by atoms with Crippen LogP contribution in [-0.2, 0) is 4.79 Å². The Bertz CT molecular complexity index is 1300. The molecule has 10 heteroatoms. The van der Waals surface area contributed by atoms with E-state index < -0.39 is 5.92 Å². The highest BCUT2D eigenvalue weighted by atomic mass is 35.5. The lowest BCUT2D eigenvalue weighted by atomic mass is 10.1. The van der Waals surface area contributed by atoms with Gasteiger partial charge in [0.05, 0.1) is 33.9 Å². The van der Waals surface area contributed by atoms with Crippen LogP contribution >= 0.6 is 23.2 Å². The molecule has 2 aliphatic rings. The maximum Gasteiger partial charge on any atom is 0.225 e. The Kier molecular flexibility index (Phi) is 6.63. The predicted octanol–water partition coefficient (Wildman–Crippen LogP) is 5.08. The normalized spacial score (nSPS) is 18.7. The topological polar surface area (TPSA) is 99.7 Å². The van der Waals surface area contributed by atoms with Crippen LogP contribution in [0.5, 0.6) is 0 Å². The summed E-state index contributed by atoms with van der Waals surface area (Å²) < 4.78 is 1.85. The molecule has 5 rings (SSSR count). The second kappa shape index (κ2) is 9.84. The van der Waals surface area contributed by atoms with Gasteiger partial charge in [0.25, 0.3) is 0 Å². The molecule has 0 bridgehead atoms. The lowest BCUT2D eigenvalue weighted by Gasteiger charge is -2.33. The fourth-order valence-corrected chi connectivity index (χ4v) is 4.72. The molecule has 1 aromatic carbocycles. The summed E-state index contributed by atoms with van der Waals surface area (Å²) in [4.78, 5) is 28.3. The first kappa shape index (κ1) is 23.6. The van der Waals surface area contributed by atoms with E-state index in [2.05, 4.69) is 21.4 Å². The van der Waals surface area contributed by atoms with Gasteiger partial charge in [0.2, 0.25) is 11.9 Å². The van der Waals surface area contributed by atoms with Gasteiger partial charge in [-0.15, -0.1) is 0 Å². The summed E-state index contributed by atoms with van der Waals surface area (Å²) >= 11 is 12.4. The first-order chi connectivity index (χ1) is 16.9. The average molecular weight is 510 g/mol. The van der Waals surface area contributed by atoms with Gasteiger partial charge in [-0.1, -0.05) is 23.2 Å². The van der Waals surface area contributed by atoms with E-state index in [0.717, 1.165) is 37.8 Å². The van der Waals surface area contributed by atoms with Gasteiger partial charge in [-0.25, -0.2) is 9.97 Å². The molecular weight excluding hydrogens is 485 g/mol. The Morgan fingerprint density at radius 3 is 2.77 bits per heavy atom.